The van der Waals surface area contributed by atoms with Gasteiger partial charge in [0.2, 0.25) is 0 Å². The molecule has 0 spiro atoms. The predicted molar refractivity (Wildman–Crippen MR) is 96.8 cm³/mol. The topological polar surface area (TPSA) is 56.3 Å². The maximum Gasteiger partial charge on any atom is 0.194 e. The van der Waals surface area contributed by atoms with E-state index in [2.05, 4.69) is 44.2 Å². The first kappa shape index (κ1) is 17.5. The summed E-state index contributed by atoms with van der Waals surface area (Å²) in [6.07, 6.45) is 3.74. The lowest BCUT2D eigenvalue weighted by Crippen LogP contribution is -2.38. The highest BCUT2D eigenvalue weighted by atomic mass is 127. The normalized spacial score (nSPS) is 10.9. The summed E-state index contributed by atoms with van der Waals surface area (Å²) in [7, 11) is 3.81. The highest BCUT2D eigenvalue weighted by Crippen LogP contribution is 2.04. The standard InChI is InChI=1S/C15H21N5.HI/c1-12-6-4-9-18-14(12)10-19-15(16-2)20(3)11-13-7-5-8-17-13;/h4-9,17H,10-11H2,1-3H3,(H,16,19);1H. The minimum Gasteiger partial charge on any atom is -0.364 e. The first-order valence-corrected chi connectivity index (χ1v) is 6.65. The number of guanidine groups is 1. The van der Waals surface area contributed by atoms with Crippen molar-refractivity contribution < 1.29 is 0 Å². The van der Waals surface area contributed by atoms with Crippen LogP contribution in [0.1, 0.15) is 17.0 Å². The molecule has 5 nitrogen and oxygen atoms in total. The molecular formula is C15H22IN5. The van der Waals surface area contributed by atoms with Gasteiger partial charge in [-0.05, 0) is 30.7 Å². The van der Waals surface area contributed by atoms with Gasteiger partial charge in [0.15, 0.2) is 5.96 Å². The first-order valence-electron chi connectivity index (χ1n) is 6.65. The van der Waals surface area contributed by atoms with Crippen molar-refractivity contribution in [3.8, 4) is 0 Å². The molecule has 2 aromatic rings. The number of aromatic amines is 1. The third-order valence-electron chi connectivity index (χ3n) is 3.18. The Morgan fingerprint density at radius 1 is 1.38 bits per heavy atom. The number of nitrogens with one attached hydrogen (secondary N) is 2. The zero-order valence-electron chi connectivity index (χ0n) is 12.6. The predicted octanol–water partition coefficient (Wildman–Crippen LogP) is 2.54. The van der Waals surface area contributed by atoms with E-state index in [9.17, 15) is 0 Å². The molecule has 0 unspecified atom stereocenters. The molecule has 0 aliphatic rings. The molecule has 114 valence electrons. The first-order chi connectivity index (χ1) is 9.70. The van der Waals surface area contributed by atoms with Gasteiger partial charge in [0.25, 0.3) is 0 Å². The summed E-state index contributed by atoms with van der Waals surface area (Å²) in [4.78, 5) is 13.9. The zero-order chi connectivity index (χ0) is 14.4. The largest absolute Gasteiger partial charge is 0.364 e. The van der Waals surface area contributed by atoms with Crippen LogP contribution in [0.25, 0.3) is 0 Å². The van der Waals surface area contributed by atoms with E-state index in [0.717, 1.165) is 23.9 Å². The van der Waals surface area contributed by atoms with Crippen LogP contribution < -0.4 is 5.32 Å². The third-order valence-corrected chi connectivity index (χ3v) is 3.18. The Hall–Kier alpha value is -1.57. The SMILES string of the molecule is CN=C(NCc1ncccc1C)N(C)Cc1ccc[nH]1.I. The number of hydrogen-bond donors (Lipinski definition) is 2. The van der Waals surface area contributed by atoms with Gasteiger partial charge in [0.05, 0.1) is 18.8 Å². The van der Waals surface area contributed by atoms with E-state index < -0.39 is 0 Å². The minimum atomic E-state index is 0. The Labute approximate surface area is 142 Å². The van der Waals surface area contributed by atoms with Crippen molar-refractivity contribution in [1.82, 2.24) is 20.2 Å². The van der Waals surface area contributed by atoms with Gasteiger partial charge < -0.3 is 15.2 Å². The molecule has 0 aromatic carbocycles. The van der Waals surface area contributed by atoms with Crippen molar-refractivity contribution in [3.63, 3.8) is 0 Å². The van der Waals surface area contributed by atoms with Crippen molar-refractivity contribution in [2.45, 2.75) is 20.0 Å². The van der Waals surface area contributed by atoms with Crippen molar-refractivity contribution in [2.75, 3.05) is 14.1 Å². The molecule has 2 N–H and O–H groups in total. The second kappa shape index (κ2) is 8.66. The summed E-state index contributed by atoms with van der Waals surface area (Å²) in [5.74, 6) is 0.852. The number of aryl methyl sites for hydroxylation is 1. The van der Waals surface area contributed by atoms with Gasteiger partial charge in [-0.25, -0.2) is 0 Å². The number of halogens is 1. The Morgan fingerprint density at radius 3 is 2.81 bits per heavy atom. The number of aromatic nitrogens is 2. The Morgan fingerprint density at radius 2 is 2.19 bits per heavy atom. The third kappa shape index (κ3) is 5.04. The van der Waals surface area contributed by atoms with E-state index in [0.29, 0.717) is 6.54 Å². The molecule has 21 heavy (non-hydrogen) atoms. The maximum atomic E-state index is 4.38. The molecule has 0 aliphatic heterocycles. The van der Waals surface area contributed by atoms with Crippen molar-refractivity contribution in [3.05, 3.63) is 53.6 Å². The lowest BCUT2D eigenvalue weighted by atomic mass is 10.2. The van der Waals surface area contributed by atoms with Crippen molar-refractivity contribution in [1.29, 1.82) is 0 Å². The van der Waals surface area contributed by atoms with E-state index >= 15 is 0 Å². The molecular weight excluding hydrogens is 377 g/mol. The number of H-pyrrole nitrogens is 1. The number of nitrogens with zero attached hydrogens (tertiary/aromatic N) is 3. The fraction of sp³-hybridized carbons (Fsp3) is 0.333. The van der Waals surface area contributed by atoms with E-state index in [1.54, 1.807) is 7.05 Å². The number of pyridine rings is 1. The minimum absolute atomic E-state index is 0. The van der Waals surface area contributed by atoms with E-state index in [1.165, 1.54) is 5.56 Å². The number of aliphatic imine (C=N–C) groups is 1. The maximum absolute atomic E-state index is 4.38. The van der Waals surface area contributed by atoms with Gasteiger partial charge in [-0.2, -0.15) is 0 Å². The molecule has 0 saturated carbocycles. The van der Waals surface area contributed by atoms with Crippen LogP contribution in [0.5, 0.6) is 0 Å². The lowest BCUT2D eigenvalue weighted by molar-refractivity contribution is 0.470. The van der Waals surface area contributed by atoms with E-state index in [1.807, 2.05) is 31.6 Å². The van der Waals surface area contributed by atoms with Crippen LogP contribution >= 0.6 is 24.0 Å². The van der Waals surface area contributed by atoms with Crippen LogP contribution in [0.4, 0.5) is 0 Å². The Bertz CT molecular complexity index is 565. The average molecular weight is 399 g/mol. The van der Waals surface area contributed by atoms with Crippen LogP contribution in [0.3, 0.4) is 0 Å². The summed E-state index contributed by atoms with van der Waals surface area (Å²) in [5, 5.41) is 3.34. The zero-order valence-corrected chi connectivity index (χ0v) is 15.0. The molecule has 0 fully saturated rings. The Balaban J connectivity index is 0.00000220. The molecule has 0 saturated heterocycles. The van der Waals surface area contributed by atoms with Crippen molar-refractivity contribution in [2.24, 2.45) is 4.99 Å². The van der Waals surface area contributed by atoms with Gasteiger partial charge in [0.1, 0.15) is 0 Å². The molecule has 0 bridgehead atoms. The van der Waals surface area contributed by atoms with Gasteiger partial charge in [0, 0.05) is 32.2 Å². The summed E-state index contributed by atoms with van der Waals surface area (Å²) in [6.45, 7) is 3.53. The van der Waals surface area contributed by atoms with Crippen LogP contribution in [-0.4, -0.2) is 34.9 Å². The highest BCUT2D eigenvalue weighted by Gasteiger charge is 2.07. The lowest BCUT2D eigenvalue weighted by Gasteiger charge is -2.21. The summed E-state index contributed by atoms with van der Waals surface area (Å²) in [6, 6.07) is 8.07. The summed E-state index contributed by atoms with van der Waals surface area (Å²) < 4.78 is 0. The van der Waals surface area contributed by atoms with Crippen LogP contribution in [0, 0.1) is 6.92 Å². The molecule has 2 heterocycles. The molecule has 2 rings (SSSR count). The second-order valence-electron chi connectivity index (χ2n) is 4.72. The molecule has 2 aromatic heterocycles. The molecule has 0 atom stereocenters. The van der Waals surface area contributed by atoms with Gasteiger partial charge >= 0.3 is 0 Å². The summed E-state index contributed by atoms with van der Waals surface area (Å²) >= 11 is 0. The fourth-order valence-corrected chi connectivity index (χ4v) is 2.05. The highest BCUT2D eigenvalue weighted by molar-refractivity contribution is 14.0. The fourth-order valence-electron chi connectivity index (χ4n) is 2.05. The molecule has 0 radical (unpaired) electrons. The van der Waals surface area contributed by atoms with Crippen LogP contribution in [0.2, 0.25) is 0 Å². The van der Waals surface area contributed by atoms with Gasteiger partial charge in [-0.3, -0.25) is 9.98 Å². The Kier molecular flexibility index (Phi) is 7.21. The summed E-state index contributed by atoms with van der Waals surface area (Å²) in [5.41, 5.74) is 3.38. The number of hydrogen-bond acceptors (Lipinski definition) is 2. The van der Waals surface area contributed by atoms with Gasteiger partial charge in [-0.1, -0.05) is 6.07 Å². The monoisotopic (exact) mass is 399 g/mol. The quantitative estimate of drug-likeness (QED) is 0.472. The van der Waals surface area contributed by atoms with E-state index in [4.69, 9.17) is 0 Å². The van der Waals surface area contributed by atoms with Gasteiger partial charge in [-0.15, -0.1) is 24.0 Å². The van der Waals surface area contributed by atoms with Crippen LogP contribution in [-0.2, 0) is 13.1 Å². The molecule has 0 amide bonds. The second-order valence-corrected chi connectivity index (χ2v) is 4.72. The van der Waals surface area contributed by atoms with Crippen LogP contribution in [0.15, 0.2) is 41.7 Å². The molecule has 6 heteroatoms. The smallest absolute Gasteiger partial charge is 0.194 e. The van der Waals surface area contributed by atoms with Crippen molar-refractivity contribution >= 4 is 29.9 Å². The molecule has 0 aliphatic carbocycles. The average Bonchev–Trinajstić information content (AvgIpc) is 2.94. The number of rotatable bonds is 4. The van der Waals surface area contributed by atoms with E-state index in [-0.39, 0.29) is 24.0 Å².